The Morgan fingerprint density at radius 1 is 0.949 bits per heavy atom. The Balaban J connectivity index is 1.87. The molecule has 6 nitrogen and oxygen atoms in total. The van der Waals surface area contributed by atoms with Crippen molar-refractivity contribution in [1.29, 1.82) is 0 Å². The van der Waals surface area contributed by atoms with E-state index in [4.69, 9.17) is 9.27 Å². The molecule has 0 aliphatic rings. The molecule has 200 valence electrons. The van der Waals surface area contributed by atoms with Crippen LogP contribution in [-0.4, -0.2) is 14.6 Å². The lowest BCUT2D eigenvalue weighted by molar-refractivity contribution is -0.384. The Morgan fingerprint density at radius 3 is 2.31 bits per heavy atom. The van der Waals surface area contributed by atoms with Gasteiger partial charge < -0.3 is 9.09 Å². The SMILES string of the molecule is CCn1c2ccccc2c2cc([P@](=Nc3cc([N+](=O)[O-])ccc3C)(Oc3ccc(Br)cc3)C(C)(C)C)ccc21. The lowest BCUT2D eigenvalue weighted by Gasteiger charge is -2.37. The van der Waals surface area contributed by atoms with Gasteiger partial charge in [0.1, 0.15) is 5.75 Å². The fourth-order valence-electron chi connectivity index (χ4n) is 4.99. The lowest BCUT2D eigenvalue weighted by atomic mass is 10.1. The molecule has 39 heavy (non-hydrogen) atoms. The number of para-hydroxylation sites is 1. The van der Waals surface area contributed by atoms with Gasteiger partial charge in [-0.15, -0.1) is 0 Å². The van der Waals surface area contributed by atoms with E-state index in [-0.39, 0.29) is 10.6 Å². The fraction of sp³-hybridized carbons (Fsp3) is 0.226. The molecule has 5 aromatic rings. The molecule has 1 heterocycles. The summed E-state index contributed by atoms with van der Waals surface area (Å²) in [6.07, 6.45) is 0. The number of nitro benzene ring substituents is 1. The molecule has 0 aliphatic heterocycles. The van der Waals surface area contributed by atoms with Crippen LogP contribution < -0.4 is 9.83 Å². The molecule has 0 unspecified atom stereocenters. The molecule has 0 bridgehead atoms. The molecular formula is C31H31BrN3O3P. The van der Waals surface area contributed by atoms with Gasteiger partial charge in [-0.3, -0.25) is 10.1 Å². The summed E-state index contributed by atoms with van der Waals surface area (Å²) >= 11 is 3.52. The van der Waals surface area contributed by atoms with E-state index in [9.17, 15) is 10.1 Å². The van der Waals surface area contributed by atoms with E-state index in [0.717, 1.165) is 32.8 Å². The van der Waals surface area contributed by atoms with Crippen molar-refractivity contribution in [1.82, 2.24) is 4.57 Å². The Kier molecular flexibility index (Phi) is 7.17. The number of rotatable bonds is 6. The number of fused-ring (bicyclic) bond motifs is 3. The molecule has 0 saturated carbocycles. The van der Waals surface area contributed by atoms with Crippen molar-refractivity contribution >= 4 is 61.7 Å². The summed E-state index contributed by atoms with van der Waals surface area (Å²) < 4.78 is 15.7. The van der Waals surface area contributed by atoms with Gasteiger partial charge in [0.2, 0.25) is 0 Å². The molecule has 1 atom stereocenters. The van der Waals surface area contributed by atoms with Crippen LogP contribution >= 0.6 is 23.2 Å². The van der Waals surface area contributed by atoms with Gasteiger partial charge in [-0.05, 0) is 67.9 Å². The van der Waals surface area contributed by atoms with Crippen molar-refractivity contribution < 1.29 is 9.45 Å². The highest BCUT2D eigenvalue weighted by Crippen LogP contribution is 2.62. The molecule has 0 spiro atoms. The van der Waals surface area contributed by atoms with E-state index < -0.39 is 12.4 Å². The Morgan fingerprint density at radius 2 is 1.64 bits per heavy atom. The maximum Gasteiger partial charge on any atom is 0.271 e. The smallest absolute Gasteiger partial charge is 0.271 e. The predicted octanol–water partition coefficient (Wildman–Crippen LogP) is 9.74. The fourth-order valence-corrected chi connectivity index (χ4v) is 8.40. The van der Waals surface area contributed by atoms with Crippen molar-refractivity contribution in [3.05, 3.63) is 105 Å². The summed E-state index contributed by atoms with van der Waals surface area (Å²) in [5.74, 6) is 0.698. The maximum atomic E-state index is 11.7. The number of aryl methyl sites for hydroxylation is 2. The maximum absolute atomic E-state index is 11.7. The number of hydrogen-bond acceptors (Lipinski definition) is 4. The normalized spacial score (nSPS) is 13.4. The molecule has 0 saturated heterocycles. The average molecular weight is 604 g/mol. The molecule has 0 radical (unpaired) electrons. The highest BCUT2D eigenvalue weighted by Gasteiger charge is 2.39. The molecule has 0 amide bonds. The Bertz CT molecular complexity index is 1770. The van der Waals surface area contributed by atoms with E-state index in [1.807, 2.05) is 31.2 Å². The van der Waals surface area contributed by atoms with E-state index in [1.54, 1.807) is 12.1 Å². The molecule has 0 N–H and O–H groups in total. The van der Waals surface area contributed by atoms with E-state index in [2.05, 4.69) is 90.7 Å². The van der Waals surface area contributed by atoms with Crippen LogP contribution in [0.2, 0.25) is 0 Å². The molecule has 5 rings (SSSR count). The van der Waals surface area contributed by atoms with Gasteiger partial charge in [0, 0.05) is 55.4 Å². The zero-order valence-electron chi connectivity index (χ0n) is 22.7. The Labute approximate surface area is 237 Å². The second kappa shape index (κ2) is 10.3. The quantitative estimate of drug-likeness (QED) is 0.110. The summed E-state index contributed by atoms with van der Waals surface area (Å²) in [5.41, 5.74) is 3.78. The highest BCUT2D eigenvalue weighted by atomic mass is 79.9. The third kappa shape index (κ3) is 4.90. The number of benzene rings is 4. The first-order valence-electron chi connectivity index (χ1n) is 12.9. The van der Waals surface area contributed by atoms with Crippen molar-refractivity contribution in [3.8, 4) is 5.75 Å². The number of nitrogens with zero attached hydrogens (tertiary/aromatic N) is 3. The topological polar surface area (TPSA) is 69.7 Å². The molecule has 8 heteroatoms. The zero-order valence-corrected chi connectivity index (χ0v) is 25.2. The van der Waals surface area contributed by atoms with Gasteiger partial charge in [-0.25, -0.2) is 4.74 Å². The Hall–Kier alpha value is -3.41. The first-order chi connectivity index (χ1) is 18.5. The third-order valence-corrected chi connectivity index (χ3v) is 11.3. The van der Waals surface area contributed by atoms with E-state index in [0.29, 0.717) is 11.4 Å². The highest BCUT2D eigenvalue weighted by molar-refractivity contribution is 9.10. The van der Waals surface area contributed by atoms with Crippen molar-refractivity contribution in [2.24, 2.45) is 4.74 Å². The lowest BCUT2D eigenvalue weighted by Crippen LogP contribution is -2.27. The minimum Gasteiger partial charge on any atom is -0.455 e. The summed E-state index contributed by atoms with van der Waals surface area (Å²) in [6, 6.07) is 27.5. The number of halogens is 1. The third-order valence-electron chi connectivity index (χ3n) is 7.03. The van der Waals surface area contributed by atoms with E-state index in [1.165, 1.54) is 17.0 Å². The second-order valence-corrected chi connectivity index (χ2v) is 14.9. The molecule has 0 fully saturated rings. The van der Waals surface area contributed by atoms with Gasteiger partial charge in [0.15, 0.2) is 7.28 Å². The minimum absolute atomic E-state index is 0.0106. The van der Waals surface area contributed by atoms with Crippen LogP contribution in [0.5, 0.6) is 5.75 Å². The van der Waals surface area contributed by atoms with Gasteiger partial charge in [0.05, 0.1) is 10.6 Å². The van der Waals surface area contributed by atoms with Gasteiger partial charge in [-0.1, -0.05) is 61.0 Å². The monoisotopic (exact) mass is 603 g/mol. The van der Waals surface area contributed by atoms with Gasteiger partial charge >= 0.3 is 0 Å². The summed E-state index contributed by atoms with van der Waals surface area (Å²) in [5, 5.41) is 14.5. The van der Waals surface area contributed by atoms with Crippen LogP contribution in [0.15, 0.2) is 94.1 Å². The second-order valence-electron chi connectivity index (χ2n) is 10.6. The number of non-ortho nitro benzene ring substituents is 1. The summed E-state index contributed by atoms with van der Waals surface area (Å²) in [7, 11) is -2.87. The first-order valence-corrected chi connectivity index (χ1v) is 15.3. The van der Waals surface area contributed by atoms with Crippen LogP contribution in [-0.2, 0) is 6.54 Å². The largest absolute Gasteiger partial charge is 0.455 e. The van der Waals surface area contributed by atoms with Crippen LogP contribution in [0.3, 0.4) is 0 Å². The van der Waals surface area contributed by atoms with E-state index >= 15 is 0 Å². The van der Waals surface area contributed by atoms with Crippen molar-refractivity contribution in [3.63, 3.8) is 0 Å². The predicted molar refractivity (Wildman–Crippen MR) is 166 cm³/mol. The van der Waals surface area contributed by atoms with Crippen LogP contribution in [0.4, 0.5) is 11.4 Å². The van der Waals surface area contributed by atoms with Gasteiger partial charge in [-0.2, -0.15) is 0 Å². The zero-order chi connectivity index (χ0) is 27.9. The molecule has 1 aromatic heterocycles. The van der Waals surface area contributed by atoms with Crippen LogP contribution in [0, 0.1) is 17.0 Å². The van der Waals surface area contributed by atoms with Crippen molar-refractivity contribution in [2.45, 2.75) is 46.3 Å². The molecule has 0 aliphatic carbocycles. The van der Waals surface area contributed by atoms with Crippen molar-refractivity contribution in [2.75, 3.05) is 0 Å². The average Bonchev–Trinajstić information content (AvgIpc) is 3.22. The molecular weight excluding hydrogens is 573 g/mol. The first kappa shape index (κ1) is 27.2. The molecule has 4 aromatic carbocycles. The van der Waals surface area contributed by atoms with Crippen LogP contribution in [0.1, 0.15) is 33.3 Å². The number of aromatic nitrogens is 1. The number of nitro groups is 1. The van der Waals surface area contributed by atoms with Crippen LogP contribution in [0.25, 0.3) is 21.8 Å². The summed E-state index contributed by atoms with van der Waals surface area (Å²) in [6.45, 7) is 11.3. The standard InChI is InChI=1S/C31H31BrN3O3P/c1-6-34-29-10-8-7-9-26(29)27-20-25(17-18-30(27)34)39(31(3,4)5,38-24-15-12-22(32)13-16-24)33-28-19-23(35(36)37)14-11-21(28)2/h7-20H,6H2,1-5H3/t39-/m0/s1. The van der Waals surface area contributed by atoms with Gasteiger partial charge in [0.25, 0.3) is 5.69 Å². The summed E-state index contributed by atoms with van der Waals surface area (Å²) in [4.78, 5) is 11.3. The number of hydrogen-bond donors (Lipinski definition) is 0. The minimum atomic E-state index is -2.87.